The van der Waals surface area contributed by atoms with Gasteiger partial charge in [-0.1, -0.05) is 0 Å². The lowest BCUT2D eigenvalue weighted by Gasteiger charge is -2.40. The highest BCUT2D eigenvalue weighted by Gasteiger charge is 2.47. The average Bonchev–Trinajstić information content (AvgIpc) is 2.39. The van der Waals surface area contributed by atoms with Crippen molar-refractivity contribution in [1.29, 1.82) is 0 Å². The summed E-state index contributed by atoms with van der Waals surface area (Å²) < 4.78 is 39.1. The Morgan fingerprint density at radius 2 is 2.15 bits per heavy atom. The quantitative estimate of drug-likeness (QED) is 0.907. The Labute approximate surface area is 116 Å². The molecular weight excluding hydrogens is 287 g/mol. The molecule has 0 bridgehead atoms. The van der Waals surface area contributed by atoms with E-state index in [1.807, 2.05) is 0 Å². The van der Waals surface area contributed by atoms with E-state index in [1.54, 1.807) is 0 Å². The second-order valence-electron chi connectivity index (χ2n) is 4.95. The molecule has 6 nitrogen and oxygen atoms in total. The van der Waals surface area contributed by atoms with Crippen LogP contribution in [0.3, 0.4) is 0 Å². The van der Waals surface area contributed by atoms with Gasteiger partial charge in [0.1, 0.15) is 16.3 Å². The number of rotatable bonds is 3. The van der Waals surface area contributed by atoms with Crippen LogP contribution in [-0.2, 0) is 14.8 Å². The van der Waals surface area contributed by atoms with E-state index >= 15 is 0 Å². The van der Waals surface area contributed by atoms with Crippen LogP contribution in [0.4, 0.5) is 4.39 Å². The number of pyridine rings is 1. The van der Waals surface area contributed by atoms with Gasteiger partial charge in [-0.25, -0.2) is 12.8 Å². The standard InChI is InChI=1S/C12H15FN2O4S/c1-12(11(16)17)4-2-3-5-15(12)20(18,19)10-6-9(13)7-14-8-10/h6-8H,2-5H2,1H3,(H,16,17). The Kier molecular flexibility index (Phi) is 3.79. The first-order valence-electron chi connectivity index (χ1n) is 6.15. The number of aliphatic carboxylic acids is 1. The normalized spacial score (nSPS) is 24.5. The first-order chi connectivity index (χ1) is 9.28. The van der Waals surface area contributed by atoms with Gasteiger partial charge in [0.25, 0.3) is 0 Å². The lowest BCUT2D eigenvalue weighted by atomic mass is 9.91. The van der Waals surface area contributed by atoms with Crippen molar-refractivity contribution in [2.24, 2.45) is 0 Å². The third-order valence-corrected chi connectivity index (χ3v) is 5.54. The molecule has 110 valence electrons. The Morgan fingerprint density at radius 1 is 1.45 bits per heavy atom. The zero-order valence-corrected chi connectivity index (χ0v) is 11.7. The van der Waals surface area contributed by atoms with Crippen molar-refractivity contribution in [3.05, 3.63) is 24.3 Å². The monoisotopic (exact) mass is 302 g/mol. The van der Waals surface area contributed by atoms with Crippen LogP contribution in [0.1, 0.15) is 26.2 Å². The average molecular weight is 302 g/mol. The molecular formula is C12H15FN2O4S. The molecule has 1 aromatic heterocycles. The van der Waals surface area contributed by atoms with Gasteiger partial charge in [0.2, 0.25) is 10.0 Å². The molecule has 1 fully saturated rings. The molecule has 1 aromatic rings. The largest absolute Gasteiger partial charge is 0.480 e. The zero-order chi connectivity index (χ0) is 15.0. The van der Waals surface area contributed by atoms with E-state index in [2.05, 4.69) is 4.98 Å². The summed E-state index contributed by atoms with van der Waals surface area (Å²) in [6.45, 7) is 1.47. The Morgan fingerprint density at radius 3 is 2.75 bits per heavy atom. The highest BCUT2D eigenvalue weighted by atomic mass is 32.2. The van der Waals surface area contributed by atoms with Gasteiger partial charge < -0.3 is 5.11 Å². The maximum atomic E-state index is 13.2. The predicted octanol–water partition coefficient (Wildman–Crippen LogP) is 1.24. The number of carbonyl (C=O) groups is 1. The topological polar surface area (TPSA) is 87.6 Å². The number of aromatic nitrogens is 1. The van der Waals surface area contributed by atoms with Crippen LogP contribution in [0.2, 0.25) is 0 Å². The molecule has 0 spiro atoms. The molecule has 0 saturated carbocycles. The minimum Gasteiger partial charge on any atom is -0.480 e. The maximum Gasteiger partial charge on any atom is 0.324 e. The molecule has 20 heavy (non-hydrogen) atoms. The third-order valence-electron chi connectivity index (χ3n) is 3.55. The van der Waals surface area contributed by atoms with Crippen molar-refractivity contribution in [2.45, 2.75) is 36.6 Å². The predicted molar refractivity (Wildman–Crippen MR) is 68.0 cm³/mol. The number of carboxylic acids is 1. The van der Waals surface area contributed by atoms with Crippen molar-refractivity contribution < 1.29 is 22.7 Å². The minimum absolute atomic E-state index is 0.0989. The molecule has 0 amide bonds. The van der Waals surface area contributed by atoms with E-state index in [0.717, 1.165) is 22.8 Å². The number of sulfonamides is 1. The highest BCUT2D eigenvalue weighted by molar-refractivity contribution is 7.89. The van der Waals surface area contributed by atoms with Gasteiger partial charge in [-0.05, 0) is 32.3 Å². The fraction of sp³-hybridized carbons (Fsp3) is 0.500. The first kappa shape index (κ1) is 14.9. The number of carboxylic acid groups (broad SMARTS) is 1. The molecule has 0 aromatic carbocycles. The third kappa shape index (κ3) is 2.40. The molecule has 0 aliphatic carbocycles. The zero-order valence-electron chi connectivity index (χ0n) is 10.9. The second kappa shape index (κ2) is 5.10. The van der Waals surface area contributed by atoms with Gasteiger partial charge in [0.05, 0.1) is 6.20 Å². The second-order valence-corrected chi connectivity index (χ2v) is 6.81. The molecule has 1 N–H and O–H groups in total. The first-order valence-corrected chi connectivity index (χ1v) is 7.59. The van der Waals surface area contributed by atoms with Crippen LogP contribution in [0.25, 0.3) is 0 Å². The molecule has 1 aliphatic rings. The number of hydrogen-bond donors (Lipinski definition) is 1. The lowest BCUT2D eigenvalue weighted by molar-refractivity contribution is -0.149. The van der Waals surface area contributed by atoms with Crippen molar-refractivity contribution in [1.82, 2.24) is 9.29 Å². The Bertz CT molecular complexity index is 634. The minimum atomic E-state index is -4.09. The van der Waals surface area contributed by atoms with E-state index in [9.17, 15) is 22.7 Å². The molecule has 1 atom stereocenters. The summed E-state index contributed by atoms with van der Waals surface area (Å²) in [5.41, 5.74) is -1.51. The van der Waals surface area contributed by atoms with E-state index in [-0.39, 0.29) is 17.9 Å². The fourth-order valence-corrected chi connectivity index (χ4v) is 4.14. The van der Waals surface area contributed by atoms with E-state index in [4.69, 9.17) is 0 Å². The van der Waals surface area contributed by atoms with Gasteiger partial charge in [0.15, 0.2) is 0 Å². The van der Waals surface area contributed by atoms with Crippen LogP contribution < -0.4 is 0 Å². The van der Waals surface area contributed by atoms with E-state index in [0.29, 0.717) is 12.8 Å². The van der Waals surface area contributed by atoms with Crippen LogP contribution >= 0.6 is 0 Å². The van der Waals surface area contributed by atoms with Gasteiger partial charge >= 0.3 is 5.97 Å². The van der Waals surface area contributed by atoms with Crippen LogP contribution in [0.15, 0.2) is 23.4 Å². The van der Waals surface area contributed by atoms with Crippen molar-refractivity contribution >= 4 is 16.0 Å². The highest BCUT2D eigenvalue weighted by Crippen LogP contribution is 2.33. The summed E-state index contributed by atoms with van der Waals surface area (Å²) in [6.07, 6.45) is 3.35. The summed E-state index contributed by atoms with van der Waals surface area (Å²) >= 11 is 0. The number of nitrogens with zero attached hydrogens (tertiary/aromatic N) is 2. The Hall–Kier alpha value is -1.54. The molecule has 2 heterocycles. The summed E-state index contributed by atoms with van der Waals surface area (Å²) in [5, 5.41) is 9.34. The molecule has 0 radical (unpaired) electrons. The SMILES string of the molecule is CC1(C(=O)O)CCCCN1S(=O)(=O)c1cncc(F)c1. The van der Waals surface area contributed by atoms with Crippen molar-refractivity contribution in [3.8, 4) is 0 Å². The smallest absolute Gasteiger partial charge is 0.324 e. The van der Waals surface area contributed by atoms with E-state index in [1.165, 1.54) is 6.92 Å². The van der Waals surface area contributed by atoms with E-state index < -0.39 is 27.3 Å². The summed E-state index contributed by atoms with van der Waals surface area (Å²) in [6, 6.07) is 0.846. The number of halogens is 1. The fourth-order valence-electron chi connectivity index (χ4n) is 2.36. The van der Waals surface area contributed by atoms with Gasteiger partial charge in [-0.15, -0.1) is 0 Å². The van der Waals surface area contributed by atoms with Crippen LogP contribution in [0, 0.1) is 5.82 Å². The molecule has 8 heteroatoms. The summed E-state index contributed by atoms with van der Waals surface area (Å²) in [5.74, 6) is -1.98. The summed E-state index contributed by atoms with van der Waals surface area (Å²) in [7, 11) is -4.09. The van der Waals surface area contributed by atoms with Gasteiger partial charge in [-0.2, -0.15) is 4.31 Å². The summed E-state index contributed by atoms with van der Waals surface area (Å²) in [4.78, 5) is 14.6. The molecule has 2 rings (SSSR count). The number of piperidine rings is 1. The number of hydrogen-bond acceptors (Lipinski definition) is 4. The van der Waals surface area contributed by atoms with Crippen LogP contribution in [0.5, 0.6) is 0 Å². The van der Waals surface area contributed by atoms with Crippen molar-refractivity contribution in [2.75, 3.05) is 6.54 Å². The molecule has 1 saturated heterocycles. The Balaban J connectivity index is 2.49. The maximum absolute atomic E-state index is 13.2. The van der Waals surface area contributed by atoms with Crippen LogP contribution in [-0.4, -0.2) is 40.9 Å². The van der Waals surface area contributed by atoms with Crippen molar-refractivity contribution in [3.63, 3.8) is 0 Å². The lowest BCUT2D eigenvalue weighted by Crippen LogP contribution is -2.57. The molecule has 1 unspecified atom stereocenters. The van der Waals surface area contributed by atoms with Gasteiger partial charge in [-0.3, -0.25) is 9.78 Å². The van der Waals surface area contributed by atoms with Gasteiger partial charge in [0, 0.05) is 12.7 Å². The molecule has 1 aliphatic heterocycles.